The highest BCUT2D eigenvalue weighted by molar-refractivity contribution is 5.33. The average molecular weight is 257 g/mol. The van der Waals surface area contributed by atoms with Gasteiger partial charge < -0.3 is 10.5 Å². The number of benzene rings is 1. The summed E-state index contributed by atoms with van der Waals surface area (Å²) in [5.74, 6) is 0. The average Bonchev–Trinajstić information content (AvgIpc) is 2.99. The van der Waals surface area contributed by atoms with Crippen molar-refractivity contribution >= 4 is 0 Å². The maximum atomic E-state index is 6.67. The van der Waals surface area contributed by atoms with E-state index in [-0.39, 0.29) is 11.5 Å². The van der Waals surface area contributed by atoms with Crippen LogP contribution in [0, 0.1) is 0 Å². The molecule has 1 aromatic rings. The Hall–Kier alpha value is -1.28. The van der Waals surface area contributed by atoms with Crippen molar-refractivity contribution < 1.29 is 4.74 Å². The summed E-state index contributed by atoms with van der Waals surface area (Å²) in [5, 5.41) is 0. The normalized spacial score (nSPS) is 23.5. The van der Waals surface area contributed by atoms with E-state index in [1.807, 2.05) is 6.26 Å². The minimum Gasteiger partial charge on any atom is -0.501 e. The predicted molar refractivity (Wildman–Crippen MR) is 77.8 cm³/mol. The second-order valence-electron chi connectivity index (χ2n) is 5.87. The van der Waals surface area contributed by atoms with Gasteiger partial charge in [-0.15, -0.1) is 0 Å². The van der Waals surface area contributed by atoms with Gasteiger partial charge in [0, 0.05) is 11.5 Å². The summed E-state index contributed by atoms with van der Waals surface area (Å²) < 4.78 is 5.50. The van der Waals surface area contributed by atoms with Crippen LogP contribution in [0.25, 0.3) is 0 Å². The molecule has 2 aliphatic rings. The highest BCUT2D eigenvalue weighted by Gasteiger charge is 2.42. The van der Waals surface area contributed by atoms with E-state index in [1.165, 1.54) is 36.8 Å². The van der Waals surface area contributed by atoms with Crippen molar-refractivity contribution in [3.05, 3.63) is 47.7 Å². The molecule has 102 valence electrons. The smallest absolute Gasteiger partial charge is 0.0876 e. The zero-order chi connectivity index (χ0) is 13.1. The Morgan fingerprint density at radius 1 is 1.05 bits per heavy atom. The monoisotopic (exact) mass is 257 g/mol. The van der Waals surface area contributed by atoms with E-state index in [1.54, 1.807) is 0 Å². The van der Waals surface area contributed by atoms with Crippen molar-refractivity contribution in [2.24, 2.45) is 5.73 Å². The molecule has 0 spiro atoms. The van der Waals surface area contributed by atoms with Gasteiger partial charge in [-0.05, 0) is 36.8 Å². The van der Waals surface area contributed by atoms with Crippen LogP contribution in [0.5, 0.6) is 0 Å². The third-order valence-corrected chi connectivity index (χ3v) is 4.80. The van der Waals surface area contributed by atoms with E-state index in [2.05, 4.69) is 30.3 Å². The van der Waals surface area contributed by atoms with Gasteiger partial charge in [0.25, 0.3) is 0 Å². The van der Waals surface area contributed by atoms with Gasteiger partial charge in [-0.2, -0.15) is 0 Å². The topological polar surface area (TPSA) is 35.2 Å². The molecule has 0 radical (unpaired) electrons. The van der Waals surface area contributed by atoms with Crippen molar-refractivity contribution in [1.29, 1.82) is 0 Å². The summed E-state index contributed by atoms with van der Waals surface area (Å²) >= 11 is 0. The molecule has 2 heteroatoms. The number of ether oxygens (including phenoxy) is 1. The summed E-state index contributed by atoms with van der Waals surface area (Å²) in [7, 11) is 0. The molecule has 1 aliphatic carbocycles. The number of hydrogen-bond donors (Lipinski definition) is 1. The molecule has 1 aliphatic heterocycles. The van der Waals surface area contributed by atoms with Crippen molar-refractivity contribution in [3.8, 4) is 0 Å². The second kappa shape index (κ2) is 5.38. The maximum Gasteiger partial charge on any atom is 0.0876 e. The van der Waals surface area contributed by atoms with E-state index in [0.717, 1.165) is 19.4 Å². The first-order valence-corrected chi connectivity index (χ1v) is 7.45. The van der Waals surface area contributed by atoms with E-state index in [4.69, 9.17) is 10.5 Å². The molecule has 2 nitrogen and oxygen atoms in total. The summed E-state index contributed by atoms with van der Waals surface area (Å²) in [5.41, 5.74) is 9.52. The van der Waals surface area contributed by atoms with E-state index < -0.39 is 0 Å². The molecule has 1 fully saturated rings. The highest BCUT2D eigenvalue weighted by Crippen LogP contribution is 2.45. The molecule has 1 aromatic carbocycles. The quantitative estimate of drug-likeness (QED) is 0.899. The number of hydrogen-bond acceptors (Lipinski definition) is 2. The zero-order valence-electron chi connectivity index (χ0n) is 11.5. The molecule has 2 N–H and O–H groups in total. The van der Waals surface area contributed by atoms with Crippen LogP contribution in [-0.2, 0) is 10.2 Å². The lowest BCUT2D eigenvalue weighted by molar-refractivity contribution is 0.214. The third kappa shape index (κ3) is 2.30. The van der Waals surface area contributed by atoms with E-state index >= 15 is 0 Å². The summed E-state index contributed by atoms with van der Waals surface area (Å²) in [4.78, 5) is 0. The summed E-state index contributed by atoms with van der Waals surface area (Å²) in [6, 6.07) is 10.9. The van der Waals surface area contributed by atoms with Crippen LogP contribution in [0.2, 0.25) is 0 Å². The molecule has 1 unspecified atom stereocenters. The van der Waals surface area contributed by atoms with Crippen molar-refractivity contribution in [1.82, 2.24) is 0 Å². The lowest BCUT2D eigenvalue weighted by Crippen LogP contribution is -2.45. The maximum absolute atomic E-state index is 6.67. The Bertz CT molecular complexity index is 446. The first kappa shape index (κ1) is 12.7. The standard InChI is InChI=1S/C17H23NO/c18-16(14-7-6-12-19-13-14)17(10-4-5-11-17)15-8-2-1-3-9-15/h1-3,8-9,13,16H,4-7,10-12,18H2. The fourth-order valence-corrected chi connectivity index (χ4v) is 3.72. The molecule has 0 saturated heterocycles. The zero-order valence-corrected chi connectivity index (χ0v) is 11.5. The van der Waals surface area contributed by atoms with Crippen molar-refractivity contribution in [2.45, 2.75) is 50.0 Å². The van der Waals surface area contributed by atoms with E-state index in [9.17, 15) is 0 Å². The van der Waals surface area contributed by atoms with E-state index in [0.29, 0.717) is 0 Å². The number of rotatable bonds is 3. The largest absolute Gasteiger partial charge is 0.501 e. The second-order valence-corrected chi connectivity index (χ2v) is 5.87. The Balaban J connectivity index is 1.94. The first-order valence-electron chi connectivity index (χ1n) is 7.45. The molecule has 3 rings (SSSR count). The molecule has 0 bridgehead atoms. The van der Waals surface area contributed by atoms with Crippen LogP contribution in [0.15, 0.2) is 42.2 Å². The third-order valence-electron chi connectivity index (χ3n) is 4.80. The van der Waals surface area contributed by atoms with Crippen molar-refractivity contribution in [2.75, 3.05) is 6.61 Å². The van der Waals surface area contributed by atoms with Crippen LogP contribution >= 0.6 is 0 Å². The molecule has 19 heavy (non-hydrogen) atoms. The van der Waals surface area contributed by atoms with Crippen LogP contribution in [0.3, 0.4) is 0 Å². The van der Waals surface area contributed by atoms with Crippen molar-refractivity contribution in [3.63, 3.8) is 0 Å². The Morgan fingerprint density at radius 3 is 2.42 bits per heavy atom. The van der Waals surface area contributed by atoms with Gasteiger partial charge in [0.2, 0.25) is 0 Å². The minimum atomic E-state index is 0.109. The molecular weight excluding hydrogens is 234 g/mol. The molecule has 1 heterocycles. The molecule has 1 atom stereocenters. The Labute approximate surface area is 115 Å². The predicted octanol–water partition coefficient (Wildman–Crippen LogP) is 3.52. The molecule has 1 saturated carbocycles. The molecule has 0 amide bonds. The Kier molecular flexibility index (Phi) is 3.61. The fraction of sp³-hybridized carbons (Fsp3) is 0.529. The SMILES string of the molecule is NC(C1=COCCC1)C1(c2ccccc2)CCCC1. The first-order chi connectivity index (χ1) is 9.33. The van der Waals surface area contributed by atoms with Crippen LogP contribution in [0.4, 0.5) is 0 Å². The number of nitrogens with two attached hydrogens (primary N) is 1. The molecular formula is C17H23NO. The summed E-state index contributed by atoms with van der Waals surface area (Å²) in [6.07, 6.45) is 9.11. The lowest BCUT2D eigenvalue weighted by atomic mass is 9.70. The van der Waals surface area contributed by atoms with Gasteiger partial charge in [0.15, 0.2) is 0 Å². The molecule has 0 aromatic heterocycles. The highest BCUT2D eigenvalue weighted by atomic mass is 16.5. The minimum absolute atomic E-state index is 0.109. The lowest BCUT2D eigenvalue weighted by Gasteiger charge is -2.38. The van der Waals surface area contributed by atoms with Gasteiger partial charge in [-0.1, -0.05) is 43.2 Å². The van der Waals surface area contributed by atoms with Gasteiger partial charge in [-0.3, -0.25) is 0 Å². The Morgan fingerprint density at radius 2 is 1.79 bits per heavy atom. The van der Waals surface area contributed by atoms with Crippen LogP contribution in [0.1, 0.15) is 44.1 Å². The summed E-state index contributed by atoms with van der Waals surface area (Å²) in [6.45, 7) is 0.842. The van der Waals surface area contributed by atoms with Gasteiger partial charge in [0.05, 0.1) is 12.9 Å². The van der Waals surface area contributed by atoms with Gasteiger partial charge in [0.1, 0.15) is 0 Å². The van der Waals surface area contributed by atoms with Crippen LogP contribution in [-0.4, -0.2) is 12.6 Å². The van der Waals surface area contributed by atoms with Crippen LogP contribution < -0.4 is 5.73 Å². The fourth-order valence-electron chi connectivity index (χ4n) is 3.72. The van der Waals surface area contributed by atoms with Gasteiger partial charge >= 0.3 is 0 Å². The van der Waals surface area contributed by atoms with Gasteiger partial charge in [-0.25, -0.2) is 0 Å².